The number of furan rings is 1. The Morgan fingerprint density at radius 3 is 2.84 bits per heavy atom. The number of rotatable bonds is 7. The van der Waals surface area contributed by atoms with Crippen LogP contribution in [0.2, 0.25) is 10.0 Å². The molecule has 1 atom stereocenters. The first kappa shape index (κ1) is 17.9. The van der Waals surface area contributed by atoms with Gasteiger partial charge in [-0.1, -0.05) is 23.2 Å². The van der Waals surface area contributed by atoms with E-state index in [0.717, 1.165) is 11.3 Å². The monoisotopic (exact) mass is 395 g/mol. The third-order valence-corrected chi connectivity index (χ3v) is 4.82. The van der Waals surface area contributed by atoms with E-state index in [9.17, 15) is 4.79 Å². The van der Waals surface area contributed by atoms with Crippen LogP contribution in [-0.2, 0) is 4.79 Å². The Kier molecular flexibility index (Phi) is 6.02. The number of halogens is 2. The summed E-state index contributed by atoms with van der Waals surface area (Å²) in [5.41, 5.74) is 1.10. The van der Waals surface area contributed by atoms with Gasteiger partial charge in [-0.25, -0.2) is 0 Å². The van der Waals surface area contributed by atoms with E-state index in [2.05, 4.69) is 5.32 Å². The maximum absolute atomic E-state index is 12.1. The van der Waals surface area contributed by atoms with Crippen molar-refractivity contribution in [1.82, 2.24) is 5.32 Å². The van der Waals surface area contributed by atoms with Crippen molar-refractivity contribution in [3.8, 4) is 5.75 Å². The summed E-state index contributed by atoms with van der Waals surface area (Å²) in [6, 6.07) is 10.6. The molecule has 2 heterocycles. The summed E-state index contributed by atoms with van der Waals surface area (Å²) in [5, 5.41) is 7.80. The Labute approximate surface area is 159 Å². The smallest absolute Gasteiger partial charge is 0.257 e. The lowest BCUT2D eigenvalue weighted by Crippen LogP contribution is -2.32. The highest BCUT2D eigenvalue weighted by Gasteiger charge is 2.18. The summed E-state index contributed by atoms with van der Waals surface area (Å²) in [7, 11) is 0. The van der Waals surface area contributed by atoms with E-state index in [1.807, 2.05) is 29.0 Å². The van der Waals surface area contributed by atoms with Gasteiger partial charge in [-0.3, -0.25) is 4.79 Å². The van der Waals surface area contributed by atoms with Crippen molar-refractivity contribution in [3.05, 3.63) is 74.8 Å². The number of carbonyl (C=O) groups excluding carboxylic acids is 1. The molecule has 7 heteroatoms. The highest BCUT2D eigenvalue weighted by molar-refractivity contribution is 7.08. The van der Waals surface area contributed by atoms with Crippen LogP contribution in [0.1, 0.15) is 17.2 Å². The molecule has 0 fully saturated rings. The highest BCUT2D eigenvalue weighted by Crippen LogP contribution is 2.28. The number of thiophene rings is 1. The molecule has 3 rings (SSSR count). The van der Waals surface area contributed by atoms with Gasteiger partial charge in [0.2, 0.25) is 0 Å². The first-order valence-electron chi connectivity index (χ1n) is 7.53. The minimum absolute atomic E-state index is 0.0377. The summed E-state index contributed by atoms with van der Waals surface area (Å²) < 4.78 is 10.9. The second-order valence-corrected chi connectivity index (χ2v) is 6.92. The predicted octanol–water partition coefficient (Wildman–Crippen LogP) is 4.98. The lowest BCUT2D eigenvalue weighted by molar-refractivity contribution is -0.123. The van der Waals surface area contributed by atoms with Crippen molar-refractivity contribution in [2.75, 3.05) is 13.2 Å². The molecule has 0 saturated carbocycles. The molecule has 1 N–H and O–H groups in total. The number of hydrogen-bond donors (Lipinski definition) is 1. The van der Waals surface area contributed by atoms with Crippen LogP contribution in [-0.4, -0.2) is 19.1 Å². The minimum atomic E-state index is -0.238. The van der Waals surface area contributed by atoms with Crippen LogP contribution in [0.15, 0.2) is 57.8 Å². The first-order valence-corrected chi connectivity index (χ1v) is 9.23. The van der Waals surface area contributed by atoms with Crippen LogP contribution in [0, 0.1) is 0 Å². The quantitative estimate of drug-likeness (QED) is 0.613. The molecule has 0 spiro atoms. The van der Waals surface area contributed by atoms with Gasteiger partial charge >= 0.3 is 0 Å². The molecule has 1 unspecified atom stereocenters. The Morgan fingerprint density at radius 2 is 2.16 bits per heavy atom. The van der Waals surface area contributed by atoms with Gasteiger partial charge in [-0.2, -0.15) is 11.3 Å². The summed E-state index contributed by atoms with van der Waals surface area (Å²) in [6.07, 6.45) is 1.63. The molecule has 2 aromatic heterocycles. The van der Waals surface area contributed by atoms with Gasteiger partial charge in [0.05, 0.1) is 17.2 Å². The largest absolute Gasteiger partial charge is 0.482 e. The molecule has 0 saturated heterocycles. The molecule has 130 valence electrons. The standard InChI is InChI=1S/C18H15Cl2NO3S/c19-13-3-4-17(15(20)8-13)24-10-18(22)21-9-14(12-5-7-25-11-12)16-2-1-6-23-16/h1-8,11,14H,9-10H2,(H,21,22). The predicted molar refractivity (Wildman–Crippen MR) is 99.8 cm³/mol. The Balaban J connectivity index is 1.57. The van der Waals surface area contributed by atoms with E-state index in [-0.39, 0.29) is 18.4 Å². The van der Waals surface area contributed by atoms with Crippen LogP contribution in [0.5, 0.6) is 5.75 Å². The normalized spacial score (nSPS) is 11.9. The second kappa shape index (κ2) is 8.43. The molecule has 0 aliphatic carbocycles. The number of carbonyl (C=O) groups is 1. The molecule has 1 amide bonds. The molecule has 4 nitrogen and oxygen atoms in total. The van der Waals surface area contributed by atoms with Crippen molar-refractivity contribution >= 4 is 40.4 Å². The topological polar surface area (TPSA) is 51.5 Å². The van der Waals surface area contributed by atoms with Gasteiger partial charge in [0.15, 0.2) is 6.61 Å². The Bertz CT molecular complexity index is 785. The van der Waals surface area contributed by atoms with Crippen molar-refractivity contribution in [3.63, 3.8) is 0 Å². The van der Waals surface area contributed by atoms with E-state index >= 15 is 0 Å². The maximum Gasteiger partial charge on any atom is 0.257 e. The van der Waals surface area contributed by atoms with E-state index in [1.54, 1.807) is 35.8 Å². The third-order valence-electron chi connectivity index (χ3n) is 3.59. The number of amides is 1. The molecule has 25 heavy (non-hydrogen) atoms. The summed E-state index contributed by atoms with van der Waals surface area (Å²) in [5.74, 6) is 0.948. The van der Waals surface area contributed by atoms with Crippen LogP contribution < -0.4 is 10.1 Å². The third kappa shape index (κ3) is 4.78. The molecule has 1 aromatic carbocycles. The van der Waals surface area contributed by atoms with Crippen molar-refractivity contribution < 1.29 is 13.9 Å². The van der Waals surface area contributed by atoms with Gasteiger partial charge in [0.25, 0.3) is 5.91 Å². The minimum Gasteiger partial charge on any atom is -0.482 e. The first-order chi connectivity index (χ1) is 12.1. The van der Waals surface area contributed by atoms with Crippen LogP contribution in [0.3, 0.4) is 0 Å². The lowest BCUT2D eigenvalue weighted by Gasteiger charge is -2.15. The fraction of sp³-hybridized carbons (Fsp3) is 0.167. The van der Waals surface area contributed by atoms with E-state index in [1.165, 1.54) is 0 Å². The lowest BCUT2D eigenvalue weighted by atomic mass is 9.99. The average Bonchev–Trinajstić information content (AvgIpc) is 3.28. The number of benzene rings is 1. The molecular weight excluding hydrogens is 381 g/mol. The van der Waals surface area contributed by atoms with E-state index in [4.69, 9.17) is 32.4 Å². The van der Waals surface area contributed by atoms with Crippen LogP contribution in [0.4, 0.5) is 0 Å². The van der Waals surface area contributed by atoms with Crippen LogP contribution >= 0.6 is 34.5 Å². The maximum atomic E-state index is 12.1. The molecule has 0 aliphatic heterocycles. The van der Waals surface area contributed by atoms with Gasteiger partial charge in [0, 0.05) is 11.6 Å². The Hall–Kier alpha value is -1.95. The highest BCUT2D eigenvalue weighted by atomic mass is 35.5. The summed E-state index contributed by atoms with van der Waals surface area (Å²) in [4.78, 5) is 12.1. The van der Waals surface area contributed by atoms with Gasteiger partial charge in [-0.15, -0.1) is 0 Å². The average molecular weight is 396 g/mol. The van der Waals surface area contributed by atoms with Gasteiger partial charge < -0.3 is 14.5 Å². The molecule has 0 aliphatic rings. The van der Waals surface area contributed by atoms with Crippen molar-refractivity contribution in [1.29, 1.82) is 0 Å². The number of nitrogens with one attached hydrogen (secondary N) is 1. The molecule has 0 radical (unpaired) electrons. The van der Waals surface area contributed by atoms with E-state index in [0.29, 0.717) is 22.3 Å². The summed E-state index contributed by atoms with van der Waals surface area (Å²) >= 11 is 13.5. The van der Waals surface area contributed by atoms with E-state index < -0.39 is 0 Å². The van der Waals surface area contributed by atoms with Crippen molar-refractivity contribution in [2.24, 2.45) is 0 Å². The molecular formula is C18H15Cl2NO3S. The fourth-order valence-electron chi connectivity index (χ4n) is 2.35. The van der Waals surface area contributed by atoms with Gasteiger partial charge in [0.1, 0.15) is 11.5 Å². The zero-order valence-corrected chi connectivity index (χ0v) is 15.4. The zero-order valence-electron chi connectivity index (χ0n) is 13.1. The second-order valence-electron chi connectivity index (χ2n) is 5.29. The number of ether oxygens (including phenoxy) is 1. The summed E-state index contributed by atoms with van der Waals surface area (Å²) in [6.45, 7) is 0.288. The Morgan fingerprint density at radius 1 is 1.28 bits per heavy atom. The van der Waals surface area contributed by atoms with Crippen LogP contribution in [0.25, 0.3) is 0 Å². The molecule has 0 bridgehead atoms. The van der Waals surface area contributed by atoms with Gasteiger partial charge in [-0.05, 0) is 52.7 Å². The fourth-order valence-corrected chi connectivity index (χ4v) is 3.53. The zero-order chi connectivity index (χ0) is 17.6. The van der Waals surface area contributed by atoms with Crippen molar-refractivity contribution in [2.45, 2.75) is 5.92 Å². The number of hydrogen-bond acceptors (Lipinski definition) is 4. The molecule has 3 aromatic rings. The SMILES string of the molecule is O=C(COc1ccc(Cl)cc1Cl)NCC(c1ccsc1)c1ccco1.